The van der Waals surface area contributed by atoms with E-state index in [0.717, 1.165) is 22.6 Å². The molecule has 4 amide bonds. The van der Waals surface area contributed by atoms with Gasteiger partial charge in [0.15, 0.2) is 10.3 Å². The summed E-state index contributed by atoms with van der Waals surface area (Å²) in [5.74, 6) is -1.05. The van der Waals surface area contributed by atoms with Crippen molar-refractivity contribution in [2.24, 2.45) is 0 Å². The topological polar surface area (TPSA) is 308 Å². The monoisotopic (exact) mass is 1520 g/mol. The molecule has 11 aromatic rings. The minimum Gasteiger partial charge on any atom is -0.493 e. The molecule has 0 aliphatic carbocycles. The predicted octanol–water partition coefficient (Wildman–Crippen LogP) is 10.8. The molecule has 34 heteroatoms. The third-order valence-electron chi connectivity index (χ3n) is 17.4. The van der Waals surface area contributed by atoms with Gasteiger partial charge >= 0.3 is 0 Å². The van der Waals surface area contributed by atoms with Crippen LogP contribution in [0, 0.1) is 24.4 Å². The number of benzene rings is 6. The highest BCUT2D eigenvalue weighted by molar-refractivity contribution is 7.93. The fourth-order valence-electron chi connectivity index (χ4n) is 12.1. The molecular formula is C70H76F3N15O11S5. The molecule has 3 aliphatic rings. The Kier molecular flexibility index (Phi) is 22.2. The van der Waals surface area contributed by atoms with Gasteiger partial charge in [-0.2, -0.15) is 0 Å². The first-order valence-corrected chi connectivity index (χ1v) is 38.7. The normalized spacial score (nSPS) is 14.6. The van der Waals surface area contributed by atoms with Gasteiger partial charge in [-0.3, -0.25) is 33.3 Å². The molecule has 8 heterocycles. The molecule has 1 unspecified atom stereocenters. The number of rotatable bonds is 19. The molecule has 3 fully saturated rings. The van der Waals surface area contributed by atoms with E-state index in [-0.39, 0.29) is 92.7 Å². The van der Waals surface area contributed by atoms with E-state index in [9.17, 15) is 57.6 Å². The Labute approximate surface area is 610 Å². The number of aryl methyl sites for hydroxylation is 1. The van der Waals surface area contributed by atoms with Crippen molar-refractivity contribution in [3.05, 3.63) is 216 Å². The fraction of sp³-hybridized carbons (Fsp3) is 0.229. The second-order valence-electron chi connectivity index (χ2n) is 24.0. The summed E-state index contributed by atoms with van der Waals surface area (Å²) in [5.41, 5.74) is 4.80. The van der Waals surface area contributed by atoms with Gasteiger partial charge in [-0.25, -0.2) is 58.4 Å². The smallest absolute Gasteiger partial charge is 0.263 e. The van der Waals surface area contributed by atoms with Crippen molar-refractivity contribution < 1.29 is 68.0 Å². The van der Waals surface area contributed by atoms with Gasteiger partial charge in [-0.05, 0) is 153 Å². The van der Waals surface area contributed by atoms with Crippen LogP contribution in [0.5, 0.6) is 5.75 Å². The lowest BCUT2D eigenvalue weighted by molar-refractivity contribution is -0.139. The first kappa shape index (κ1) is 72.8. The van der Waals surface area contributed by atoms with Crippen molar-refractivity contribution in [3.8, 4) is 5.75 Å². The van der Waals surface area contributed by atoms with Crippen molar-refractivity contribution in [3.63, 3.8) is 0 Å². The lowest BCUT2D eigenvalue weighted by atomic mass is 10.1. The fourth-order valence-corrected chi connectivity index (χ4v) is 16.7. The zero-order chi connectivity index (χ0) is 73.3. The molecule has 26 nitrogen and oxygen atoms in total. The molecular weight excluding hydrogens is 1440 g/mol. The molecule has 5 aromatic heterocycles. The lowest BCUT2D eigenvalue weighted by Gasteiger charge is -2.36. The van der Waals surface area contributed by atoms with E-state index in [1.807, 2.05) is 17.6 Å². The molecule has 3 saturated heterocycles. The maximum absolute atomic E-state index is 14.3. The Hall–Kier alpha value is -10.9. The number of fused-ring (bicyclic) bond motifs is 2. The number of carbonyl (C=O) groups excluding carboxylic acids is 4. The van der Waals surface area contributed by atoms with Crippen LogP contribution < -0.4 is 33.6 Å². The molecule has 0 bridgehead atoms. The van der Waals surface area contributed by atoms with Crippen LogP contribution in [0.3, 0.4) is 0 Å². The van der Waals surface area contributed by atoms with Crippen LogP contribution in [0.2, 0.25) is 0 Å². The summed E-state index contributed by atoms with van der Waals surface area (Å²) in [6, 6.07) is 36.8. The maximum Gasteiger partial charge on any atom is 0.263 e. The zero-order valence-corrected chi connectivity index (χ0v) is 59.8. The zero-order valence-electron chi connectivity index (χ0n) is 55.8. The highest BCUT2D eigenvalue weighted by Crippen LogP contribution is 2.31. The van der Waals surface area contributed by atoms with E-state index >= 15 is 0 Å². The molecule has 6 aromatic carbocycles. The summed E-state index contributed by atoms with van der Waals surface area (Å²) in [6.07, 6.45) is 7.56. The molecule has 0 spiro atoms. The summed E-state index contributed by atoms with van der Waals surface area (Å²) in [7, 11) is -11.3. The van der Waals surface area contributed by atoms with Gasteiger partial charge < -0.3 is 43.7 Å². The Bertz CT molecular complexity index is 5230. The van der Waals surface area contributed by atoms with Crippen molar-refractivity contribution in [2.45, 2.75) is 41.0 Å². The van der Waals surface area contributed by atoms with E-state index in [2.05, 4.69) is 48.9 Å². The number of sulfonamides is 3. The quantitative estimate of drug-likeness (QED) is 0.0585. The van der Waals surface area contributed by atoms with Gasteiger partial charge in [0.25, 0.3) is 36.0 Å². The standard InChI is InChI=1S/C25H24FN5O4S2.C23H24FN5O4S.C22H20FN5O3S2.4H2/c1-16-13-18-14-19(26)3-8-22(18)31(16)17(2)24(33)29-10-11-30(23(32)15-29)20-4-6-21(7-5-20)37(34,35)28-25-27-9-12-36-25;24-18-1-5-20(6-2-18)33-16-10-23(30)29-14-12-28(13-15-29)19-3-7-21(8-4-19)34(31,32)27-22-9-11-25-17-26-22;23-18-2-1-3-19-20(18)17(14-25-19)21(29)28-11-9-27(10-12-28)15-4-6-16(7-5-15)33(30,31)26-22-24-8-13-32-22;;;;/h3-9,12-14,17H,10-11,15H2,1-2H3,(H,27,28);1-9,11,17H,10,12-16H2,(H,25,26,27);1-8,13-14,25H,9-12H2,(H,24,26);4*1H. The highest BCUT2D eigenvalue weighted by Gasteiger charge is 2.33. The molecule has 104 heavy (non-hydrogen) atoms. The van der Waals surface area contributed by atoms with E-state index in [1.165, 1.54) is 118 Å². The number of H-pyrrole nitrogens is 1. The Balaban J connectivity index is 0.000000201. The van der Waals surface area contributed by atoms with Gasteiger partial charge in [-0.15, -0.1) is 22.7 Å². The molecule has 548 valence electrons. The number of nitrogens with zero attached hydrogens (tertiary/aromatic N) is 11. The molecule has 14 rings (SSSR count). The number of thiazole rings is 2. The van der Waals surface area contributed by atoms with Crippen LogP contribution in [0.15, 0.2) is 202 Å². The van der Waals surface area contributed by atoms with Crippen LogP contribution in [0.1, 0.15) is 41.1 Å². The number of aromatic amines is 1. The number of hydrogen-bond acceptors (Lipinski definition) is 19. The maximum atomic E-state index is 14.3. The summed E-state index contributed by atoms with van der Waals surface area (Å²) in [4.78, 5) is 81.3. The SMILES string of the molecule is Cc1cc2cc(F)ccc2n1C(C)C(=O)N1CCN(c2ccc(S(=O)(=O)Nc3nccs3)cc2)C(=O)C1.O=C(CCOc1ccc(F)cc1)N1CCN(c2ccc(S(=O)(=O)Nc3ccncn3)cc2)CC1.O=C(c1c[nH]c2cccc(F)c12)N1CCN(c2ccc(S(=O)(=O)Nc3nccs3)cc2)CC1.[HH].[HH].[HH].[HH]. The lowest BCUT2D eigenvalue weighted by Crippen LogP contribution is -2.53. The van der Waals surface area contributed by atoms with E-state index in [0.29, 0.717) is 97.3 Å². The molecule has 0 radical (unpaired) electrons. The number of halogens is 3. The molecule has 4 N–H and O–H groups in total. The van der Waals surface area contributed by atoms with Crippen LogP contribution >= 0.6 is 22.7 Å². The third-order valence-corrected chi connectivity index (χ3v) is 23.1. The van der Waals surface area contributed by atoms with E-state index < -0.39 is 41.9 Å². The molecule has 0 saturated carbocycles. The number of carbonyl (C=O) groups is 4. The number of piperazine rings is 3. The number of anilines is 6. The van der Waals surface area contributed by atoms with E-state index in [4.69, 9.17) is 4.74 Å². The highest BCUT2D eigenvalue weighted by atomic mass is 32.2. The summed E-state index contributed by atoms with van der Waals surface area (Å²) >= 11 is 2.38. The molecule has 3 aliphatic heterocycles. The summed E-state index contributed by atoms with van der Waals surface area (Å²) in [5, 5.41) is 4.97. The predicted molar refractivity (Wildman–Crippen MR) is 398 cm³/mol. The number of aromatic nitrogens is 6. The van der Waals surface area contributed by atoms with Gasteiger partial charge in [0.1, 0.15) is 47.9 Å². The number of amides is 4. The summed E-state index contributed by atoms with van der Waals surface area (Å²) in [6.45, 7) is 8.88. The minimum absolute atomic E-state index is 0. The van der Waals surface area contributed by atoms with Crippen molar-refractivity contribution in [1.82, 2.24) is 44.2 Å². The second kappa shape index (κ2) is 31.7. The third kappa shape index (κ3) is 17.2. The Morgan fingerprint density at radius 1 is 0.606 bits per heavy atom. The summed E-state index contributed by atoms with van der Waals surface area (Å²) < 4.78 is 131. The van der Waals surface area contributed by atoms with Crippen LogP contribution in [-0.2, 0) is 44.5 Å². The van der Waals surface area contributed by atoms with Gasteiger partial charge in [0.05, 0.1) is 33.3 Å². The molecule has 1 atom stereocenters. The van der Waals surface area contributed by atoms with Gasteiger partial charge in [-0.1, -0.05) is 6.07 Å². The van der Waals surface area contributed by atoms with Gasteiger partial charge in [0, 0.05) is 151 Å². The average molecular weight is 1520 g/mol. The first-order chi connectivity index (χ1) is 50.0. The Morgan fingerprint density at radius 2 is 1.15 bits per heavy atom. The number of ether oxygens (including phenoxy) is 1. The largest absolute Gasteiger partial charge is 0.493 e. The number of nitrogens with one attached hydrogen (secondary N) is 4. The van der Waals surface area contributed by atoms with Crippen molar-refractivity contribution in [1.29, 1.82) is 0 Å². The second-order valence-corrected chi connectivity index (χ2v) is 30.8. The van der Waals surface area contributed by atoms with Crippen LogP contribution in [0.25, 0.3) is 21.8 Å². The van der Waals surface area contributed by atoms with Crippen molar-refractivity contribution >= 4 is 131 Å². The van der Waals surface area contributed by atoms with Crippen molar-refractivity contribution in [2.75, 3.05) is 107 Å². The van der Waals surface area contributed by atoms with Crippen LogP contribution in [-0.4, -0.2) is 172 Å². The van der Waals surface area contributed by atoms with E-state index in [1.54, 1.807) is 113 Å². The van der Waals surface area contributed by atoms with Gasteiger partial charge in [0.2, 0.25) is 17.7 Å². The first-order valence-electron chi connectivity index (χ1n) is 32.5. The number of hydrogen-bond donors (Lipinski definition) is 4. The minimum atomic E-state index is -3.80. The van der Waals surface area contributed by atoms with Crippen LogP contribution in [0.4, 0.5) is 46.3 Å². The average Bonchev–Trinajstić information content (AvgIpc) is 1.62. The Morgan fingerprint density at radius 3 is 1.70 bits per heavy atom.